The maximum Gasteiger partial charge on any atom is 0.243 e. The molecule has 8 heteroatoms. The van der Waals surface area contributed by atoms with Gasteiger partial charge in [-0.25, -0.2) is 8.42 Å². The molecule has 1 amide bonds. The fourth-order valence-electron chi connectivity index (χ4n) is 1.50. The third-order valence-electron chi connectivity index (χ3n) is 2.65. The van der Waals surface area contributed by atoms with Crippen LogP contribution in [0.2, 0.25) is 5.02 Å². The van der Waals surface area contributed by atoms with Crippen LogP contribution >= 0.6 is 11.6 Å². The molecule has 20 heavy (non-hydrogen) atoms. The quantitative estimate of drug-likeness (QED) is 0.876. The van der Waals surface area contributed by atoms with E-state index in [0.29, 0.717) is 0 Å². The molecule has 0 radical (unpaired) electrons. The Morgan fingerprint density at radius 2 is 2.15 bits per heavy atom. The van der Waals surface area contributed by atoms with Crippen LogP contribution in [0.5, 0.6) is 0 Å². The van der Waals surface area contributed by atoms with Crippen LogP contribution in [0.25, 0.3) is 0 Å². The minimum absolute atomic E-state index is 0.0488. The number of hydrogen-bond acceptors (Lipinski definition) is 4. The van der Waals surface area contributed by atoms with Gasteiger partial charge in [0.15, 0.2) is 0 Å². The van der Waals surface area contributed by atoms with E-state index < -0.39 is 15.9 Å². The summed E-state index contributed by atoms with van der Waals surface area (Å²) in [5.74, 6) is -0.407. The number of nitrogens with zero attached hydrogens (tertiary/aromatic N) is 2. The van der Waals surface area contributed by atoms with Crippen LogP contribution in [0.15, 0.2) is 23.1 Å². The van der Waals surface area contributed by atoms with E-state index in [2.05, 4.69) is 5.32 Å². The molecule has 1 rings (SSSR count). The van der Waals surface area contributed by atoms with Gasteiger partial charge in [0, 0.05) is 13.6 Å². The number of nitrogens with one attached hydrogen (secondary N) is 1. The highest BCUT2D eigenvalue weighted by atomic mass is 35.5. The molecule has 0 atom stereocenters. The van der Waals surface area contributed by atoms with E-state index in [-0.39, 0.29) is 28.6 Å². The Morgan fingerprint density at radius 1 is 1.50 bits per heavy atom. The fourth-order valence-corrected chi connectivity index (χ4v) is 3.22. The van der Waals surface area contributed by atoms with Gasteiger partial charge in [0.25, 0.3) is 0 Å². The standard InChI is InChI=1S/C12H14ClN3O3S/c1-3-16(8-12(17)15-2)20(18,19)10-5-4-9(7-14)11(13)6-10/h4-6H,3,8H2,1-2H3,(H,15,17). The van der Waals surface area contributed by atoms with Gasteiger partial charge in [0.2, 0.25) is 15.9 Å². The topological polar surface area (TPSA) is 90.3 Å². The fraction of sp³-hybridized carbons (Fsp3) is 0.333. The van der Waals surface area contributed by atoms with Crippen molar-refractivity contribution in [1.82, 2.24) is 9.62 Å². The number of nitriles is 1. The summed E-state index contributed by atoms with van der Waals surface area (Å²) < 4.78 is 25.8. The van der Waals surface area contributed by atoms with Crippen LogP contribution in [0.1, 0.15) is 12.5 Å². The van der Waals surface area contributed by atoms with E-state index in [1.54, 1.807) is 6.92 Å². The van der Waals surface area contributed by atoms with Crippen LogP contribution in [-0.2, 0) is 14.8 Å². The second kappa shape index (κ2) is 6.70. The number of hydrogen-bond donors (Lipinski definition) is 1. The Morgan fingerprint density at radius 3 is 2.60 bits per heavy atom. The van der Waals surface area contributed by atoms with Gasteiger partial charge in [-0.15, -0.1) is 0 Å². The first kappa shape index (κ1) is 16.4. The Bertz CT molecular complexity index is 652. The lowest BCUT2D eigenvalue weighted by Crippen LogP contribution is -2.39. The first-order chi connectivity index (χ1) is 9.36. The van der Waals surface area contributed by atoms with Gasteiger partial charge in [-0.1, -0.05) is 18.5 Å². The van der Waals surface area contributed by atoms with Crippen molar-refractivity contribution < 1.29 is 13.2 Å². The van der Waals surface area contributed by atoms with Crippen molar-refractivity contribution in [2.24, 2.45) is 0 Å². The predicted molar refractivity (Wildman–Crippen MR) is 74.7 cm³/mol. The molecule has 1 aromatic rings. The highest BCUT2D eigenvalue weighted by Gasteiger charge is 2.25. The average Bonchev–Trinajstić information content (AvgIpc) is 2.43. The maximum atomic E-state index is 12.4. The van der Waals surface area contributed by atoms with Crippen molar-refractivity contribution in [2.75, 3.05) is 20.1 Å². The lowest BCUT2D eigenvalue weighted by Gasteiger charge is -2.19. The third-order valence-corrected chi connectivity index (χ3v) is 4.88. The summed E-state index contributed by atoms with van der Waals surface area (Å²) in [5, 5.41) is 11.2. The summed E-state index contributed by atoms with van der Waals surface area (Å²) in [6, 6.07) is 5.70. The number of amides is 1. The Kier molecular flexibility index (Phi) is 5.51. The summed E-state index contributed by atoms with van der Waals surface area (Å²) in [4.78, 5) is 11.3. The van der Waals surface area contributed by atoms with Crippen molar-refractivity contribution in [3.63, 3.8) is 0 Å². The van der Waals surface area contributed by atoms with E-state index in [9.17, 15) is 13.2 Å². The number of halogens is 1. The Balaban J connectivity index is 3.18. The molecule has 0 aromatic heterocycles. The lowest BCUT2D eigenvalue weighted by molar-refractivity contribution is -0.120. The molecule has 1 aromatic carbocycles. The molecule has 0 saturated carbocycles. The minimum atomic E-state index is -3.83. The second-order valence-corrected chi connectivity index (χ2v) is 6.20. The van der Waals surface area contributed by atoms with Crippen molar-refractivity contribution in [1.29, 1.82) is 5.26 Å². The molecule has 6 nitrogen and oxygen atoms in total. The van der Waals surface area contributed by atoms with Gasteiger partial charge in [0.05, 0.1) is 22.0 Å². The predicted octanol–water partition coefficient (Wildman–Crippen LogP) is 0.968. The van der Waals surface area contributed by atoms with E-state index in [4.69, 9.17) is 16.9 Å². The number of carbonyl (C=O) groups excluding carboxylic acids is 1. The molecule has 108 valence electrons. The highest BCUT2D eigenvalue weighted by Crippen LogP contribution is 2.22. The number of sulfonamides is 1. The van der Waals surface area contributed by atoms with Crippen molar-refractivity contribution in [3.8, 4) is 6.07 Å². The van der Waals surface area contributed by atoms with Gasteiger partial charge in [-0.2, -0.15) is 9.57 Å². The third kappa shape index (κ3) is 3.48. The monoisotopic (exact) mass is 315 g/mol. The first-order valence-corrected chi connectivity index (χ1v) is 7.59. The zero-order chi connectivity index (χ0) is 15.3. The number of likely N-dealkylation sites (N-methyl/N-ethyl adjacent to an activating group) is 2. The SMILES string of the molecule is CCN(CC(=O)NC)S(=O)(=O)c1ccc(C#N)c(Cl)c1. The van der Waals surface area contributed by atoms with Crippen molar-refractivity contribution in [2.45, 2.75) is 11.8 Å². The van der Waals surface area contributed by atoms with Gasteiger partial charge < -0.3 is 5.32 Å². The van der Waals surface area contributed by atoms with Gasteiger partial charge in [-0.3, -0.25) is 4.79 Å². The lowest BCUT2D eigenvalue weighted by atomic mass is 10.2. The van der Waals surface area contributed by atoms with E-state index in [0.717, 1.165) is 4.31 Å². The summed E-state index contributed by atoms with van der Waals surface area (Å²) in [6.07, 6.45) is 0. The normalized spacial score (nSPS) is 11.2. The minimum Gasteiger partial charge on any atom is -0.358 e. The van der Waals surface area contributed by atoms with Gasteiger partial charge in [-0.05, 0) is 18.2 Å². The van der Waals surface area contributed by atoms with Gasteiger partial charge >= 0.3 is 0 Å². The first-order valence-electron chi connectivity index (χ1n) is 5.77. The molecule has 0 spiro atoms. The average molecular weight is 316 g/mol. The molecule has 0 heterocycles. The van der Waals surface area contributed by atoms with E-state index in [1.807, 2.05) is 6.07 Å². The molecule has 0 aliphatic rings. The van der Waals surface area contributed by atoms with E-state index in [1.165, 1.54) is 25.2 Å². The molecule has 0 aliphatic heterocycles. The smallest absolute Gasteiger partial charge is 0.243 e. The molecule has 1 N–H and O–H groups in total. The van der Waals surface area contributed by atoms with Crippen LogP contribution in [-0.4, -0.2) is 38.8 Å². The molecule has 0 saturated heterocycles. The number of rotatable bonds is 5. The molecule has 0 bridgehead atoms. The second-order valence-electron chi connectivity index (χ2n) is 3.86. The van der Waals surface area contributed by atoms with Crippen LogP contribution in [0, 0.1) is 11.3 Å². The highest BCUT2D eigenvalue weighted by molar-refractivity contribution is 7.89. The summed E-state index contributed by atoms with van der Waals surface area (Å²) in [6.45, 7) is 1.51. The zero-order valence-corrected chi connectivity index (χ0v) is 12.6. The van der Waals surface area contributed by atoms with Crippen LogP contribution in [0.4, 0.5) is 0 Å². The molecular weight excluding hydrogens is 302 g/mol. The zero-order valence-electron chi connectivity index (χ0n) is 11.1. The Labute approximate surface area is 123 Å². The molecular formula is C12H14ClN3O3S. The maximum absolute atomic E-state index is 12.4. The largest absolute Gasteiger partial charge is 0.358 e. The Hall–Kier alpha value is -1.62. The van der Waals surface area contributed by atoms with Crippen LogP contribution < -0.4 is 5.32 Å². The molecule has 0 unspecified atom stereocenters. The number of benzene rings is 1. The van der Waals surface area contributed by atoms with Crippen LogP contribution in [0.3, 0.4) is 0 Å². The summed E-state index contributed by atoms with van der Waals surface area (Å²) in [7, 11) is -2.39. The number of carbonyl (C=O) groups is 1. The van der Waals surface area contributed by atoms with Gasteiger partial charge in [0.1, 0.15) is 6.07 Å². The van der Waals surface area contributed by atoms with Crippen molar-refractivity contribution in [3.05, 3.63) is 28.8 Å². The molecule has 0 fully saturated rings. The van der Waals surface area contributed by atoms with E-state index >= 15 is 0 Å². The summed E-state index contributed by atoms with van der Waals surface area (Å²) >= 11 is 5.83. The summed E-state index contributed by atoms with van der Waals surface area (Å²) in [5.41, 5.74) is 0.194. The molecule has 0 aliphatic carbocycles. The van der Waals surface area contributed by atoms with Crippen molar-refractivity contribution >= 4 is 27.5 Å².